The molecule has 126 valence electrons. The number of benzene rings is 2. The highest BCUT2D eigenvalue weighted by Crippen LogP contribution is 2.42. The lowest BCUT2D eigenvalue weighted by molar-refractivity contribution is 0.265. The fourth-order valence-electron chi connectivity index (χ4n) is 2.78. The SMILES string of the molecule is Cn1c(Sc2c(Cl)cccc2Cl)c(CC(N)CO)c2ccccc21. The highest BCUT2D eigenvalue weighted by atomic mass is 35.5. The van der Waals surface area contributed by atoms with E-state index in [4.69, 9.17) is 28.9 Å². The third kappa shape index (κ3) is 3.30. The lowest BCUT2D eigenvalue weighted by Crippen LogP contribution is -2.27. The summed E-state index contributed by atoms with van der Waals surface area (Å²) in [4.78, 5) is 0.825. The van der Waals surface area contributed by atoms with E-state index in [0.717, 1.165) is 26.4 Å². The Morgan fingerprint density at radius 1 is 1.12 bits per heavy atom. The van der Waals surface area contributed by atoms with Crippen LogP contribution in [0.3, 0.4) is 0 Å². The van der Waals surface area contributed by atoms with Gasteiger partial charge >= 0.3 is 0 Å². The fourth-order valence-corrected chi connectivity index (χ4v) is 4.48. The van der Waals surface area contributed by atoms with Crippen molar-refractivity contribution in [1.82, 2.24) is 4.57 Å². The second-order valence-corrected chi connectivity index (χ2v) is 7.47. The van der Waals surface area contributed by atoms with E-state index in [1.807, 2.05) is 37.4 Å². The van der Waals surface area contributed by atoms with Crippen molar-refractivity contribution in [3.63, 3.8) is 0 Å². The molecular formula is C18H18Cl2N2OS. The molecule has 0 amide bonds. The monoisotopic (exact) mass is 380 g/mol. The molecule has 1 atom stereocenters. The first-order valence-electron chi connectivity index (χ1n) is 7.57. The van der Waals surface area contributed by atoms with Gasteiger partial charge in [0, 0.05) is 24.0 Å². The van der Waals surface area contributed by atoms with E-state index in [9.17, 15) is 5.11 Å². The zero-order valence-corrected chi connectivity index (χ0v) is 15.5. The maximum absolute atomic E-state index is 9.36. The van der Waals surface area contributed by atoms with Crippen molar-refractivity contribution in [2.24, 2.45) is 12.8 Å². The Bertz CT molecular complexity index is 859. The highest BCUT2D eigenvalue weighted by molar-refractivity contribution is 7.99. The average Bonchev–Trinajstić information content (AvgIpc) is 2.84. The van der Waals surface area contributed by atoms with Crippen LogP contribution in [-0.2, 0) is 13.5 Å². The van der Waals surface area contributed by atoms with Crippen molar-refractivity contribution >= 4 is 45.9 Å². The van der Waals surface area contributed by atoms with Gasteiger partial charge in [0.15, 0.2) is 0 Å². The Labute approximate surface area is 155 Å². The Morgan fingerprint density at radius 3 is 2.46 bits per heavy atom. The minimum absolute atomic E-state index is 0.0554. The minimum atomic E-state index is -0.308. The normalized spacial score (nSPS) is 12.7. The Balaban J connectivity index is 2.15. The molecule has 0 saturated carbocycles. The maximum Gasteiger partial charge on any atom is 0.0839 e. The van der Waals surface area contributed by atoms with Gasteiger partial charge in [0.05, 0.1) is 26.6 Å². The van der Waals surface area contributed by atoms with E-state index in [-0.39, 0.29) is 12.6 Å². The summed E-state index contributed by atoms with van der Waals surface area (Å²) in [7, 11) is 2.02. The molecule has 1 aromatic heterocycles. The zero-order valence-electron chi connectivity index (χ0n) is 13.2. The van der Waals surface area contributed by atoms with Gasteiger partial charge in [-0.1, -0.05) is 59.2 Å². The van der Waals surface area contributed by atoms with Gasteiger partial charge in [-0.05, 0) is 30.2 Å². The molecule has 3 rings (SSSR count). The van der Waals surface area contributed by atoms with Crippen LogP contribution in [0.2, 0.25) is 10.0 Å². The van der Waals surface area contributed by atoms with Crippen molar-refractivity contribution in [3.05, 3.63) is 58.1 Å². The van der Waals surface area contributed by atoms with Crippen LogP contribution in [0, 0.1) is 0 Å². The van der Waals surface area contributed by atoms with E-state index < -0.39 is 0 Å². The van der Waals surface area contributed by atoms with Crippen molar-refractivity contribution in [3.8, 4) is 0 Å². The van der Waals surface area contributed by atoms with Crippen molar-refractivity contribution in [1.29, 1.82) is 0 Å². The fraction of sp³-hybridized carbons (Fsp3) is 0.222. The lowest BCUT2D eigenvalue weighted by atomic mass is 10.1. The first kappa shape index (κ1) is 17.6. The molecule has 0 aliphatic carbocycles. The van der Waals surface area contributed by atoms with Crippen LogP contribution in [0.15, 0.2) is 52.4 Å². The maximum atomic E-state index is 9.36. The molecule has 6 heteroatoms. The number of fused-ring (bicyclic) bond motifs is 1. The van der Waals surface area contributed by atoms with Crippen molar-refractivity contribution < 1.29 is 5.11 Å². The molecule has 3 nitrogen and oxygen atoms in total. The minimum Gasteiger partial charge on any atom is -0.395 e. The number of para-hydroxylation sites is 1. The predicted molar refractivity (Wildman–Crippen MR) is 102 cm³/mol. The molecule has 1 heterocycles. The summed E-state index contributed by atoms with van der Waals surface area (Å²) < 4.78 is 2.12. The first-order chi connectivity index (χ1) is 11.5. The standard InChI is InChI=1S/C18H18Cl2N2OS/c1-22-16-8-3-2-5-12(16)13(9-11(21)10-23)18(22)24-17-14(19)6-4-7-15(17)20/h2-8,11,23H,9-10,21H2,1H3. The number of aliphatic hydroxyl groups is 1. The topological polar surface area (TPSA) is 51.2 Å². The van der Waals surface area contributed by atoms with Crippen LogP contribution >= 0.6 is 35.0 Å². The molecule has 2 aromatic carbocycles. The number of nitrogens with zero attached hydrogens (tertiary/aromatic N) is 1. The number of aryl methyl sites for hydroxylation is 1. The third-order valence-corrected chi connectivity index (χ3v) is 6.18. The van der Waals surface area contributed by atoms with Gasteiger partial charge in [0.1, 0.15) is 0 Å². The number of hydrogen-bond donors (Lipinski definition) is 2. The highest BCUT2D eigenvalue weighted by Gasteiger charge is 2.20. The Kier molecular flexibility index (Phi) is 5.42. The van der Waals surface area contributed by atoms with E-state index in [0.29, 0.717) is 16.5 Å². The van der Waals surface area contributed by atoms with E-state index in [2.05, 4.69) is 16.7 Å². The van der Waals surface area contributed by atoms with Gasteiger partial charge in [-0.25, -0.2) is 0 Å². The molecule has 0 aliphatic heterocycles. The van der Waals surface area contributed by atoms with Gasteiger partial charge in [0.2, 0.25) is 0 Å². The predicted octanol–water partition coefficient (Wildman–Crippen LogP) is 4.50. The number of hydrogen-bond acceptors (Lipinski definition) is 3. The van der Waals surface area contributed by atoms with Gasteiger partial charge in [-0.15, -0.1) is 0 Å². The zero-order chi connectivity index (χ0) is 17.3. The molecule has 0 saturated heterocycles. The quantitative estimate of drug-likeness (QED) is 0.684. The van der Waals surface area contributed by atoms with E-state index >= 15 is 0 Å². The third-order valence-electron chi connectivity index (χ3n) is 3.97. The molecule has 0 fully saturated rings. The summed E-state index contributed by atoms with van der Waals surface area (Å²) in [6.07, 6.45) is 0.586. The van der Waals surface area contributed by atoms with Gasteiger partial charge in [-0.3, -0.25) is 0 Å². The van der Waals surface area contributed by atoms with Crippen LogP contribution in [-0.4, -0.2) is 22.3 Å². The van der Waals surface area contributed by atoms with E-state index in [1.165, 1.54) is 11.8 Å². The van der Waals surface area contributed by atoms with Gasteiger partial charge in [-0.2, -0.15) is 0 Å². The summed E-state index contributed by atoms with van der Waals surface area (Å²) in [5, 5.41) is 12.8. The van der Waals surface area contributed by atoms with Gasteiger partial charge < -0.3 is 15.4 Å². The Morgan fingerprint density at radius 2 is 1.79 bits per heavy atom. The summed E-state index contributed by atoms with van der Waals surface area (Å²) in [6.45, 7) is -0.0554. The number of rotatable bonds is 5. The molecular weight excluding hydrogens is 363 g/mol. The second kappa shape index (κ2) is 7.38. The molecule has 24 heavy (non-hydrogen) atoms. The molecule has 3 aromatic rings. The smallest absolute Gasteiger partial charge is 0.0839 e. The van der Waals surface area contributed by atoms with Crippen LogP contribution in [0.4, 0.5) is 0 Å². The molecule has 0 aliphatic rings. The lowest BCUT2D eigenvalue weighted by Gasteiger charge is -2.12. The number of halogens is 2. The molecule has 0 spiro atoms. The van der Waals surface area contributed by atoms with Crippen LogP contribution in [0.1, 0.15) is 5.56 Å². The van der Waals surface area contributed by atoms with Crippen molar-refractivity contribution in [2.45, 2.75) is 22.4 Å². The first-order valence-corrected chi connectivity index (χ1v) is 9.14. The largest absolute Gasteiger partial charge is 0.395 e. The summed E-state index contributed by atoms with van der Waals surface area (Å²) in [5.41, 5.74) is 8.23. The number of aromatic nitrogens is 1. The summed E-state index contributed by atoms with van der Waals surface area (Å²) in [5.74, 6) is 0. The Hall–Kier alpha value is -1.17. The van der Waals surface area contributed by atoms with Crippen LogP contribution in [0.25, 0.3) is 10.9 Å². The van der Waals surface area contributed by atoms with Gasteiger partial charge in [0.25, 0.3) is 0 Å². The van der Waals surface area contributed by atoms with E-state index in [1.54, 1.807) is 0 Å². The molecule has 3 N–H and O–H groups in total. The van der Waals surface area contributed by atoms with Crippen molar-refractivity contribution in [2.75, 3.05) is 6.61 Å². The molecule has 0 radical (unpaired) electrons. The number of aliphatic hydroxyl groups excluding tert-OH is 1. The van der Waals surface area contributed by atoms with Crippen LogP contribution < -0.4 is 5.73 Å². The summed E-state index contributed by atoms with van der Waals surface area (Å²) >= 11 is 14.2. The second-order valence-electron chi connectivity index (χ2n) is 5.66. The van der Waals surface area contributed by atoms with Crippen LogP contribution in [0.5, 0.6) is 0 Å². The summed E-state index contributed by atoms with van der Waals surface area (Å²) in [6, 6.07) is 13.3. The average molecular weight is 381 g/mol. The molecule has 1 unspecified atom stereocenters. The number of nitrogens with two attached hydrogens (primary N) is 1. The molecule has 0 bridgehead atoms.